The van der Waals surface area contributed by atoms with Gasteiger partial charge in [0.2, 0.25) is 0 Å². The number of carbonyl (C=O) groups excluding carboxylic acids is 1. The van der Waals surface area contributed by atoms with Crippen molar-refractivity contribution in [1.82, 2.24) is 4.90 Å². The van der Waals surface area contributed by atoms with Crippen LogP contribution in [0, 0.1) is 5.92 Å². The van der Waals surface area contributed by atoms with Crippen molar-refractivity contribution >= 4 is 21.8 Å². The molecule has 3 nitrogen and oxygen atoms in total. The van der Waals surface area contributed by atoms with E-state index in [-0.39, 0.29) is 5.91 Å². The number of carbonyl (C=O) groups is 1. The van der Waals surface area contributed by atoms with Crippen molar-refractivity contribution in [3.05, 3.63) is 23.7 Å². The minimum atomic E-state index is 0.104. The van der Waals surface area contributed by atoms with Gasteiger partial charge in [-0.3, -0.25) is 4.79 Å². The Balaban J connectivity index is 2.10. The molecule has 1 saturated heterocycles. The molecule has 0 saturated carbocycles. The Hall–Kier alpha value is -0.770. The van der Waals surface area contributed by atoms with Crippen LogP contribution in [0.3, 0.4) is 0 Å². The van der Waals surface area contributed by atoms with Crippen LogP contribution in [-0.4, -0.2) is 28.7 Å². The number of alkyl halides is 1. The van der Waals surface area contributed by atoms with Crippen molar-refractivity contribution in [2.75, 3.05) is 13.1 Å². The third-order valence-corrected chi connectivity index (χ3v) is 4.64. The highest BCUT2D eigenvalue weighted by molar-refractivity contribution is 9.09. The summed E-state index contributed by atoms with van der Waals surface area (Å²) in [6.07, 6.45) is 3.42. The smallest absolute Gasteiger partial charge is 0.257 e. The second-order valence-electron chi connectivity index (χ2n) is 4.64. The summed E-state index contributed by atoms with van der Waals surface area (Å²) in [5.41, 5.74) is 0.724. The molecule has 1 amide bonds. The fourth-order valence-electron chi connectivity index (χ4n) is 2.18. The van der Waals surface area contributed by atoms with Crippen LogP contribution < -0.4 is 0 Å². The van der Waals surface area contributed by atoms with E-state index in [1.807, 2.05) is 11.8 Å². The van der Waals surface area contributed by atoms with E-state index in [0.29, 0.717) is 10.7 Å². The molecule has 2 heterocycles. The molecule has 17 heavy (non-hydrogen) atoms. The van der Waals surface area contributed by atoms with Crippen molar-refractivity contribution in [3.63, 3.8) is 0 Å². The molecule has 1 aliphatic heterocycles. The second-order valence-corrected chi connectivity index (χ2v) is 5.82. The summed E-state index contributed by atoms with van der Waals surface area (Å²) >= 11 is 3.64. The van der Waals surface area contributed by atoms with E-state index in [4.69, 9.17) is 4.42 Å². The molecule has 0 N–H and O–H groups in total. The number of piperidine rings is 1. The third kappa shape index (κ3) is 2.57. The van der Waals surface area contributed by atoms with Gasteiger partial charge in [-0.15, -0.1) is 0 Å². The van der Waals surface area contributed by atoms with Crippen LogP contribution in [-0.2, 0) is 6.42 Å². The lowest BCUT2D eigenvalue weighted by Gasteiger charge is -2.34. The first-order chi connectivity index (χ1) is 8.13. The quantitative estimate of drug-likeness (QED) is 0.786. The van der Waals surface area contributed by atoms with E-state index in [0.717, 1.165) is 37.3 Å². The predicted molar refractivity (Wildman–Crippen MR) is 70.5 cm³/mol. The molecule has 94 valence electrons. The van der Waals surface area contributed by atoms with Gasteiger partial charge in [0.25, 0.3) is 5.91 Å². The van der Waals surface area contributed by atoms with Crippen LogP contribution >= 0.6 is 15.9 Å². The van der Waals surface area contributed by atoms with Gasteiger partial charge in [0, 0.05) is 24.3 Å². The fourth-order valence-corrected chi connectivity index (χ4v) is 2.80. The molecule has 2 atom stereocenters. The maximum atomic E-state index is 12.3. The van der Waals surface area contributed by atoms with Gasteiger partial charge in [-0.2, -0.15) is 0 Å². The summed E-state index contributed by atoms with van der Waals surface area (Å²) in [5, 5.41) is 0. The molecule has 4 heteroatoms. The number of amides is 1. The van der Waals surface area contributed by atoms with Crippen LogP contribution in [0.15, 0.2) is 16.7 Å². The summed E-state index contributed by atoms with van der Waals surface area (Å²) in [4.78, 5) is 14.7. The number of rotatable bonds is 2. The van der Waals surface area contributed by atoms with Gasteiger partial charge in [0.15, 0.2) is 0 Å². The summed E-state index contributed by atoms with van der Waals surface area (Å²) in [5.74, 6) is 1.53. The van der Waals surface area contributed by atoms with Crippen LogP contribution in [0.1, 0.15) is 36.4 Å². The van der Waals surface area contributed by atoms with Crippen molar-refractivity contribution in [2.24, 2.45) is 5.92 Å². The molecule has 2 rings (SSSR count). The summed E-state index contributed by atoms with van der Waals surface area (Å²) in [6.45, 7) is 5.85. The lowest BCUT2D eigenvalue weighted by atomic mass is 9.98. The number of likely N-dealkylation sites (tertiary alicyclic amines) is 1. The van der Waals surface area contributed by atoms with E-state index in [1.165, 1.54) is 0 Å². The molecule has 0 aromatic carbocycles. The van der Waals surface area contributed by atoms with Crippen molar-refractivity contribution < 1.29 is 9.21 Å². The maximum Gasteiger partial charge on any atom is 0.257 e. The Morgan fingerprint density at radius 2 is 2.41 bits per heavy atom. The summed E-state index contributed by atoms with van der Waals surface area (Å²) in [6, 6.07) is 1.78. The molecule has 1 aliphatic rings. The molecule has 1 aromatic heterocycles. The molecule has 0 aliphatic carbocycles. The monoisotopic (exact) mass is 299 g/mol. The average Bonchev–Trinajstić information content (AvgIpc) is 2.80. The van der Waals surface area contributed by atoms with E-state index < -0.39 is 0 Å². The van der Waals surface area contributed by atoms with Gasteiger partial charge in [-0.25, -0.2) is 0 Å². The second kappa shape index (κ2) is 5.25. The third-order valence-electron chi connectivity index (χ3n) is 3.45. The first-order valence-electron chi connectivity index (χ1n) is 6.13. The first kappa shape index (κ1) is 12.7. The predicted octanol–water partition coefficient (Wildman–Crippen LogP) is 3.09. The zero-order valence-corrected chi connectivity index (χ0v) is 11.9. The fraction of sp³-hybridized carbons (Fsp3) is 0.615. The maximum absolute atomic E-state index is 12.3. The Morgan fingerprint density at radius 3 is 3.06 bits per heavy atom. The number of nitrogens with zero attached hydrogens (tertiary/aromatic N) is 1. The number of halogens is 1. The normalized spacial score (nSPS) is 25.0. The highest BCUT2D eigenvalue weighted by Crippen LogP contribution is 2.25. The van der Waals surface area contributed by atoms with Gasteiger partial charge in [0.1, 0.15) is 5.76 Å². The van der Waals surface area contributed by atoms with Crippen molar-refractivity contribution in [1.29, 1.82) is 0 Å². The molecule has 1 fully saturated rings. The van der Waals surface area contributed by atoms with Gasteiger partial charge in [-0.05, 0) is 18.4 Å². The Labute approximate surface area is 110 Å². The van der Waals surface area contributed by atoms with E-state index in [1.54, 1.807) is 12.3 Å². The van der Waals surface area contributed by atoms with Crippen LogP contribution in [0.2, 0.25) is 0 Å². The van der Waals surface area contributed by atoms with Crippen LogP contribution in [0.25, 0.3) is 0 Å². The highest BCUT2D eigenvalue weighted by atomic mass is 79.9. The van der Waals surface area contributed by atoms with Crippen LogP contribution in [0.5, 0.6) is 0 Å². The number of hydrogen-bond donors (Lipinski definition) is 0. The van der Waals surface area contributed by atoms with E-state index in [9.17, 15) is 4.79 Å². The SMILES string of the molecule is CCc1occc1C(=O)N1CCC(C)C(Br)C1. The zero-order valence-electron chi connectivity index (χ0n) is 10.3. The molecule has 0 spiro atoms. The van der Waals surface area contributed by atoms with Gasteiger partial charge < -0.3 is 9.32 Å². The molecular formula is C13H18BrNO2. The van der Waals surface area contributed by atoms with Crippen LogP contribution in [0.4, 0.5) is 0 Å². The lowest BCUT2D eigenvalue weighted by molar-refractivity contribution is 0.0703. The highest BCUT2D eigenvalue weighted by Gasteiger charge is 2.28. The largest absolute Gasteiger partial charge is 0.469 e. The topological polar surface area (TPSA) is 33.5 Å². The Morgan fingerprint density at radius 1 is 1.65 bits per heavy atom. The number of furan rings is 1. The minimum Gasteiger partial charge on any atom is -0.469 e. The van der Waals surface area contributed by atoms with Gasteiger partial charge in [0.05, 0.1) is 11.8 Å². The Bertz CT molecular complexity index is 402. The molecule has 2 unspecified atom stereocenters. The summed E-state index contributed by atoms with van der Waals surface area (Å²) < 4.78 is 5.31. The van der Waals surface area contributed by atoms with E-state index in [2.05, 4.69) is 22.9 Å². The standard InChI is InChI=1S/C13H18BrNO2/c1-3-12-10(5-7-17-12)13(16)15-6-4-9(2)11(14)8-15/h5,7,9,11H,3-4,6,8H2,1-2H3. The zero-order chi connectivity index (χ0) is 12.4. The van der Waals surface area contributed by atoms with Gasteiger partial charge >= 0.3 is 0 Å². The molecule has 0 bridgehead atoms. The van der Waals surface area contributed by atoms with Crippen molar-refractivity contribution in [2.45, 2.75) is 31.5 Å². The Kier molecular flexibility index (Phi) is 3.92. The summed E-state index contributed by atoms with van der Waals surface area (Å²) in [7, 11) is 0. The van der Waals surface area contributed by atoms with Crippen molar-refractivity contribution in [3.8, 4) is 0 Å². The molecule has 0 radical (unpaired) electrons. The minimum absolute atomic E-state index is 0.104. The number of aryl methyl sites for hydroxylation is 1. The first-order valence-corrected chi connectivity index (χ1v) is 7.04. The molecule has 1 aromatic rings. The lowest BCUT2D eigenvalue weighted by Crippen LogP contribution is -2.43. The number of hydrogen-bond acceptors (Lipinski definition) is 2. The van der Waals surface area contributed by atoms with Gasteiger partial charge in [-0.1, -0.05) is 29.8 Å². The van der Waals surface area contributed by atoms with E-state index >= 15 is 0 Å². The average molecular weight is 300 g/mol. The molecular weight excluding hydrogens is 282 g/mol.